The molecule has 0 unspecified atom stereocenters. The summed E-state index contributed by atoms with van der Waals surface area (Å²) >= 11 is 13.6. The van der Waals surface area contributed by atoms with Crippen molar-refractivity contribution in [2.45, 2.75) is 20.1 Å². The Bertz CT molecular complexity index is 1350. The van der Waals surface area contributed by atoms with Crippen LogP contribution in [0.5, 0.6) is 5.75 Å². The summed E-state index contributed by atoms with van der Waals surface area (Å²) in [5.74, 6) is 0.121. The third-order valence-corrected chi connectivity index (χ3v) is 6.20. The predicted octanol–water partition coefficient (Wildman–Crippen LogP) is 3.30. The number of aromatic nitrogens is 1. The zero-order valence-corrected chi connectivity index (χ0v) is 19.4. The van der Waals surface area contributed by atoms with Crippen LogP contribution in [0.3, 0.4) is 0 Å². The number of hydrogen-bond donors (Lipinski definition) is 0. The van der Waals surface area contributed by atoms with E-state index in [4.69, 9.17) is 37.4 Å². The molecule has 0 aliphatic carbocycles. The van der Waals surface area contributed by atoms with Crippen LogP contribution < -0.4 is 19.5 Å². The highest BCUT2D eigenvalue weighted by molar-refractivity contribution is 7.07. The van der Waals surface area contributed by atoms with E-state index in [1.807, 2.05) is 12.1 Å². The number of ether oxygens (including phenoxy) is 3. The van der Waals surface area contributed by atoms with Gasteiger partial charge in [-0.3, -0.25) is 9.36 Å². The van der Waals surface area contributed by atoms with E-state index in [9.17, 15) is 9.59 Å². The summed E-state index contributed by atoms with van der Waals surface area (Å²) in [6, 6.07) is 10.7. The minimum absolute atomic E-state index is 0.121. The van der Waals surface area contributed by atoms with Gasteiger partial charge >= 0.3 is 5.97 Å². The molecule has 9 heteroatoms. The number of thiazole rings is 1. The number of esters is 1. The van der Waals surface area contributed by atoms with Gasteiger partial charge in [0, 0.05) is 21.2 Å². The van der Waals surface area contributed by atoms with Crippen molar-refractivity contribution < 1.29 is 19.0 Å². The molecule has 0 saturated heterocycles. The molecule has 0 N–H and O–H groups in total. The average molecular weight is 492 g/mol. The molecular weight excluding hydrogens is 473 g/mol. The van der Waals surface area contributed by atoms with Gasteiger partial charge in [-0.05, 0) is 42.8 Å². The quantitative estimate of drug-likeness (QED) is 0.512. The molecule has 0 radical (unpaired) electrons. The summed E-state index contributed by atoms with van der Waals surface area (Å²) < 4.78 is 18.5. The van der Waals surface area contributed by atoms with Crippen molar-refractivity contribution in [2.75, 3.05) is 13.4 Å². The molecule has 0 spiro atoms. The van der Waals surface area contributed by atoms with Gasteiger partial charge in [0.25, 0.3) is 5.56 Å². The molecule has 32 heavy (non-hydrogen) atoms. The zero-order valence-electron chi connectivity index (χ0n) is 17.1. The fourth-order valence-electron chi connectivity index (χ4n) is 3.37. The van der Waals surface area contributed by atoms with Crippen molar-refractivity contribution in [3.8, 4) is 5.75 Å². The number of rotatable bonds is 5. The summed E-state index contributed by atoms with van der Waals surface area (Å²) in [5, 5.41) is 1.08. The third-order valence-electron chi connectivity index (χ3n) is 4.69. The van der Waals surface area contributed by atoms with Crippen LogP contribution in [0, 0.1) is 0 Å². The maximum absolute atomic E-state index is 13.3. The van der Waals surface area contributed by atoms with Crippen molar-refractivity contribution in [1.29, 1.82) is 0 Å². The molecule has 0 fully saturated rings. The summed E-state index contributed by atoms with van der Waals surface area (Å²) in [6.07, 6.45) is 3.07. The lowest BCUT2D eigenvalue weighted by molar-refractivity contribution is -0.135. The van der Waals surface area contributed by atoms with Crippen LogP contribution >= 0.6 is 34.5 Å². The van der Waals surface area contributed by atoms with Gasteiger partial charge in [-0.1, -0.05) is 35.3 Å². The molecule has 6 nitrogen and oxygen atoms in total. The fourth-order valence-corrected chi connectivity index (χ4v) is 4.86. The maximum Gasteiger partial charge on any atom is 0.333 e. The minimum atomic E-state index is -0.519. The maximum atomic E-state index is 13.3. The van der Waals surface area contributed by atoms with Gasteiger partial charge in [-0.2, -0.15) is 0 Å². The Morgan fingerprint density at radius 3 is 2.88 bits per heavy atom. The monoisotopic (exact) mass is 491 g/mol. The van der Waals surface area contributed by atoms with E-state index in [1.165, 1.54) is 22.0 Å². The number of nitrogens with zero attached hydrogens (tertiary/aromatic N) is 1. The van der Waals surface area contributed by atoms with Crippen LogP contribution in [0.1, 0.15) is 23.6 Å². The van der Waals surface area contributed by atoms with Crippen molar-refractivity contribution >= 4 is 52.7 Å². The lowest BCUT2D eigenvalue weighted by atomic mass is 10.1. The van der Waals surface area contributed by atoms with E-state index in [0.717, 1.165) is 16.7 Å². The van der Waals surface area contributed by atoms with Gasteiger partial charge in [-0.25, -0.2) is 4.79 Å². The van der Waals surface area contributed by atoms with Gasteiger partial charge in [0.05, 0.1) is 30.4 Å². The Hall–Kier alpha value is -2.58. The normalized spacial score (nSPS) is 14.2. The van der Waals surface area contributed by atoms with Crippen LogP contribution in [-0.2, 0) is 27.4 Å². The molecule has 4 rings (SSSR count). The minimum Gasteiger partial charge on any atom is -0.467 e. The Morgan fingerprint density at radius 1 is 1.25 bits per heavy atom. The number of fused-ring (bicyclic) bond motifs is 1. The lowest BCUT2D eigenvalue weighted by Gasteiger charge is -2.21. The van der Waals surface area contributed by atoms with Gasteiger partial charge in [0.1, 0.15) is 10.4 Å². The summed E-state index contributed by atoms with van der Waals surface area (Å²) in [4.78, 5) is 25.5. The van der Waals surface area contributed by atoms with Crippen LogP contribution in [-0.4, -0.2) is 23.9 Å². The molecule has 2 heterocycles. The number of hydrogen-bond acceptors (Lipinski definition) is 6. The molecule has 166 valence electrons. The van der Waals surface area contributed by atoms with E-state index in [1.54, 1.807) is 37.3 Å². The van der Waals surface area contributed by atoms with Gasteiger partial charge in [0.2, 0.25) is 0 Å². The van der Waals surface area contributed by atoms with E-state index < -0.39 is 5.97 Å². The van der Waals surface area contributed by atoms with Gasteiger partial charge < -0.3 is 14.2 Å². The second-order valence-electron chi connectivity index (χ2n) is 6.96. The highest BCUT2D eigenvalue weighted by Crippen LogP contribution is 2.31. The lowest BCUT2D eigenvalue weighted by Crippen LogP contribution is -2.32. The smallest absolute Gasteiger partial charge is 0.333 e. The molecule has 0 amide bonds. The van der Waals surface area contributed by atoms with Crippen LogP contribution in [0.4, 0.5) is 0 Å². The second-order valence-corrected chi connectivity index (χ2v) is 8.89. The molecular formula is C23H19Cl2NO5S. The Morgan fingerprint density at radius 2 is 2.09 bits per heavy atom. The predicted molar refractivity (Wildman–Crippen MR) is 125 cm³/mol. The number of carbonyl (C=O) groups excluding carboxylic acids is 1. The van der Waals surface area contributed by atoms with Crippen molar-refractivity contribution in [3.63, 3.8) is 0 Å². The molecule has 0 atom stereocenters. The largest absolute Gasteiger partial charge is 0.467 e. The van der Waals surface area contributed by atoms with Gasteiger partial charge in [-0.15, -0.1) is 11.3 Å². The fraction of sp³-hybridized carbons (Fsp3) is 0.217. The van der Waals surface area contributed by atoms with Crippen LogP contribution in [0.15, 0.2) is 41.2 Å². The van der Waals surface area contributed by atoms with Crippen molar-refractivity contribution in [1.82, 2.24) is 4.57 Å². The van der Waals surface area contributed by atoms with Crippen LogP contribution in [0.25, 0.3) is 12.2 Å². The SMILES string of the molecule is CCOC(=O)C=c1sc(=Cc2cccc(Cl)c2)c(=O)n1Cc1cc(Cl)cc2c1OCOC2. The van der Waals surface area contributed by atoms with E-state index >= 15 is 0 Å². The first-order chi connectivity index (χ1) is 15.4. The second kappa shape index (κ2) is 9.92. The highest BCUT2D eigenvalue weighted by Gasteiger charge is 2.18. The zero-order chi connectivity index (χ0) is 22.7. The molecule has 1 aromatic heterocycles. The van der Waals surface area contributed by atoms with E-state index in [2.05, 4.69) is 0 Å². The molecule has 1 aliphatic rings. The molecule has 1 aliphatic heterocycles. The first-order valence-electron chi connectivity index (χ1n) is 9.82. The summed E-state index contributed by atoms with van der Waals surface area (Å²) in [6.45, 7) is 2.63. The standard InChI is InChI=1S/C23H19Cl2NO5S/c1-2-30-21(27)10-20-26(11-15-8-18(25)9-16-12-29-13-31-22(15)16)23(28)19(32-20)7-14-4-3-5-17(24)6-14/h3-10H,2,11-13H2,1H3. The van der Waals surface area contributed by atoms with Gasteiger partial charge in [0.15, 0.2) is 6.79 Å². The van der Waals surface area contributed by atoms with Crippen LogP contribution in [0.2, 0.25) is 10.0 Å². The first kappa shape index (κ1) is 22.6. The molecule has 2 aromatic carbocycles. The van der Waals surface area contributed by atoms with Crippen molar-refractivity contribution in [2.24, 2.45) is 0 Å². The molecule has 0 saturated carbocycles. The number of carbonyl (C=O) groups is 1. The highest BCUT2D eigenvalue weighted by atomic mass is 35.5. The third kappa shape index (κ3) is 5.07. The van der Waals surface area contributed by atoms with E-state index in [0.29, 0.717) is 31.6 Å². The first-order valence-corrected chi connectivity index (χ1v) is 11.4. The Labute approximate surface area is 197 Å². The molecule has 3 aromatic rings. The Balaban J connectivity index is 1.86. The number of benzene rings is 2. The topological polar surface area (TPSA) is 66.8 Å². The number of halogens is 2. The summed E-state index contributed by atoms with van der Waals surface area (Å²) in [5.41, 5.74) is 2.07. The summed E-state index contributed by atoms with van der Waals surface area (Å²) in [7, 11) is 0. The van der Waals surface area contributed by atoms with Crippen molar-refractivity contribution in [3.05, 3.63) is 82.7 Å². The van der Waals surface area contributed by atoms with E-state index in [-0.39, 0.29) is 25.5 Å². The Kier molecular flexibility index (Phi) is 7.01. The molecule has 0 bridgehead atoms. The average Bonchev–Trinajstić information content (AvgIpc) is 3.02.